The highest BCUT2D eigenvalue weighted by Gasteiger charge is 2.22. The Hall–Kier alpha value is -1.05. The second-order valence-electron chi connectivity index (χ2n) is 6.37. The summed E-state index contributed by atoms with van der Waals surface area (Å²) in [6.45, 7) is 3.27. The summed E-state index contributed by atoms with van der Waals surface area (Å²) in [5.41, 5.74) is 3.62. The molecule has 0 N–H and O–H groups in total. The van der Waals surface area contributed by atoms with Crippen molar-refractivity contribution in [3.05, 3.63) is 23.0 Å². The molecular formula is C17H25NO. The molecule has 2 nitrogen and oxygen atoms in total. The van der Waals surface area contributed by atoms with Gasteiger partial charge in [-0.1, -0.05) is 25.7 Å². The van der Waals surface area contributed by atoms with Crippen LogP contribution in [0.2, 0.25) is 0 Å². The first-order valence-corrected chi connectivity index (χ1v) is 7.98. The molecule has 1 saturated carbocycles. The molecule has 2 aliphatic rings. The second-order valence-corrected chi connectivity index (χ2v) is 6.37. The molecule has 0 bridgehead atoms. The number of aryl methyl sites for hydroxylation is 1. The van der Waals surface area contributed by atoms with Crippen LogP contribution in [0.5, 0.6) is 0 Å². The van der Waals surface area contributed by atoms with Crippen molar-refractivity contribution in [2.45, 2.75) is 71.3 Å². The molecule has 1 fully saturated rings. The predicted molar refractivity (Wildman–Crippen MR) is 77.6 cm³/mol. The number of hydrogen-bond donors (Lipinski definition) is 0. The smallest absolute Gasteiger partial charge is 0.164 e. The molecule has 19 heavy (non-hydrogen) atoms. The van der Waals surface area contributed by atoms with Gasteiger partial charge in [-0.05, 0) is 44.6 Å². The van der Waals surface area contributed by atoms with Gasteiger partial charge in [0.05, 0.1) is 0 Å². The lowest BCUT2D eigenvalue weighted by Crippen LogP contribution is -2.14. The van der Waals surface area contributed by atoms with E-state index in [0.717, 1.165) is 37.3 Å². The number of rotatable bonds is 4. The van der Waals surface area contributed by atoms with E-state index in [4.69, 9.17) is 0 Å². The number of carbonyl (C=O) groups is 1. The fraction of sp³-hybridized carbons (Fsp3) is 0.706. The van der Waals surface area contributed by atoms with Gasteiger partial charge in [-0.2, -0.15) is 0 Å². The molecule has 1 aromatic rings. The molecule has 0 aromatic carbocycles. The van der Waals surface area contributed by atoms with Gasteiger partial charge in [0.1, 0.15) is 0 Å². The number of nitrogens with zero attached hydrogens (tertiary/aromatic N) is 1. The summed E-state index contributed by atoms with van der Waals surface area (Å²) in [4.78, 5) is 11.9. The maximum absolute atomic E-state index is 11.9. The fourth-order valence-electron chi connectivity index (χ4n) is 3.94. The largest absolute Gasteiger partial charge is 0.348 e. The van der Waals surface area contributed by atoms with Crippen molar-refractivity contribution in [2.24, 2.45) is 5.92 Å². The van der Waals surface area contributed by atoms with Gasteiger partial charge < -0.3 is 4.57 Å². The van der Waals surface area contributed by atoms with Gasteiger partial charge in [0.25, 0.3) is 0 Å². The van der Waals surface area contributed by atoms with Gasteiger partial charge >= 0.3 is 0 Å². The standard InChI is InChI=1S/C17H25NO/c1-13-12-15-16(9-4-10-17(15)19)18(13)11-5-8-14-6-2-3-7-14/h12,14H,2-11H2,1H3. The zero-order chi connectivity index (χ0) is 13.2. The van der Waals surface area contributed by atoms with Crippen LogP contribution >= 0.6 is 0 Å². The van der Waals surface area contributed by atoms with E-state index in [1.165, 1.54) is 49.9 Å². The Bertz CT molecular complexity index is 466. The Morgan fingerprint density at radius 1 is 1.21 bits per heavy atom. The molecule has 0 unspecified atom stereocenters. The Kier molecular flexibility index (Phi) is 3.76. The van der Waals surface area contributed by atoms with Crippen LogP contribution in [0.3, 0.4) is 0 Å². The van der Waals surface area contributed by atoms with Crippen molar-refractivity contribution in [2.75, 3.05) is 0 Å². The minimum Gasteiger partial charge on any atom is -0.348 e. The zero-order valence-corrected chi connectivity index (χ0v) is 12.1. The minimum absolute atomic E-state index is 0.360. The Morgan fingerprint density at radius 3 is 2.79 bits per heavy atom. The molecule has 0 saturated heterocycles. The number of Topliss-reactive ketones (excluding diaryl/α,β-unsaturated/α-hetero) is 1. The summed E-state index contributed by atoms with van der Waals surface area (Å²) in [5, 5.41) is 0. The Balaban J connectivity index is 1.65. The lowest BCUT2D eigenvalue weighted by Gasteiger charge is -2.17. The third kappa shape index (κ3) is 2.63. The molecule has 1 aromatic heterocycles. The highest BCUT2D eigenvalue weighted by molar-refractivity contribution is 5.98. The van der Waals surface area contributed by atoms with Gasteiger partial charge in [-0.3, -0.25) is 4.79 Å². The highest BCUT2D eigenvalue weighted by atomic mass is 16.1. The van der Waals surface area contributed by atoms with Crippen molar-refractivity contribution in [1.82, 2.24) is 4.57 Å². The molecule has 2 heteroatoms. The molecule has 0 spiro atoms. The first-order chi connectivity index (χ1) is 9.25. The molecule has 0 radical (unpaired) electrons. The maximum Gasteiger partial charge on any atom is 0.164 e. The van der Waals surface area contributed by atoms with Crippen LogP contribution in [0.1, 0.15) is 73.1 Å². The van der Waals surface area contributed by atoms with Gasteiger partial charge in [0.2, 0.25) is 0 Å². The summed E-state index contributed by atoms with van der Waals surface area (Å²) in [5.74, 6) is 1.34. The lowest BCUT2D eigenvalue weighted by molar-refractivity contribution is 0.0971. The summed E-state index contributed by atoms with van der Waals surface area (Å²) >= 11 is 0. The van der Waals surface area contributed by atoms with E-state index in [2.05, 4.69) is 17.6 Å². The molecule has 104 valence electrons. The van der Waals surface area contributed by atoms with E-state index in [-0.39, 0.29) is 0 Å². The third-order valence-electron chi connectivity index (χ3n) is 5.00. The van der Waals surface area contributed by atoms with Crippen LogP contribution < -0.4 is 0 Å². The predicted octanol–water partition coefficient (Wildman–Crippen LogP) is 4.29. The van der Waals surface area contributed by atoms with Crippen molar-refractivity contribution in [3.63, 3.8) is 0 Å². The monoisotopic (exact) mass is 259 g/mol. The van der Waals surface area contributed by atoms with Crippen LogP contribution in [0.4, 0.5) is 0 Å². The summed E-state index contributed by atoms with van der Waals surface area (Å²) in [6, 6.07) is 2.12. The number of carbonyl (C=O) groups excluding carboxylic acids is 1. The molecular weight excluding hydrogens is 234 g/mol. The van der Waals surface area contributed by atoms with Gasteiger partial charge in [-0.25, -0.2) is 0 Å². The number of ketones is 1. The molecule has 0 amide bonds. The first-order valence-electron chi connectivity index (χ1n) is 7.98. The van der Waals surface area contributed by atoms with Crippen molar-refractivity contribution in [1.29, 1.82) is 0 Å². The number of aromatic nitrogens is 1. The summed E-state index contributed by atoms with van der Waals surface area (Å²) < 4.78 is 2.42. The average Bonchev–Trinajstić information content (AvgIpc) is 3.00. The normalized spacial score (nSPS) is 19.9. The van der Waals surface area contributed by atoms with Crippen LogP contribution in [-0.2, 0) is 13.0 Å². The molecule has 0 atom stereocenters. The van der Waals surface area contributed by atoms with Gasteiger partial charge in [0.15, 0.2) is 5.78 Å². The average molecular weight is 259 g/mol. The number of fused-ring (bicyclic) bond motifs is 1. The van der Waals surface area contributed by atoms with Gasteiger partial charge in [0, 0.05) is 29.9 Å². The van der Waals surface area contributed by atoms with Crippen molar-refractivity contribution < 1.29 is 4.79 Å². The van der Waals surface area contributed by atoms with E-state index < -0.39 is 0 Å². The minimum atomic E-state index is 0.360. The van der Waals surface area contributed by atoms with Crippen LogP contribution in [0.15, 0.2) is 6.07 Å². The van der Waals surface area contributed by atoms with E-state index in [9.17, 15) is 4.79 Å². The first kappa shape index (κ1) is 13.0. The molecule has 2 aliphatic carbocycles. The SMILES string of the molecule is Cc1cc2c(n1CCCC1CCCC1)CCCC2=O. The quantitative estimate of drug-likeness (QED) is 0.790. The number of hydrogen-bond acceptors (Lipinski definition) is 1. The Morgan fingerprint density at radius 2 is 2.00 bits per heavy atom. The van der Waals surface area contributed by atoms with Crippen LogP contribution in [0, 0.1) is 12.8 Å². The van der Waals surface area contributed by atoms with E-state index in [1.54, 1.807) is 0 Å². The summed E-state index contributed by atoms with van der Waals surface area (Å²) in [6.07, 6.45) is 11.3. The van der Waals surface area contributed by atoms with Crippen molar-refractivity contribution >= 4 is 5.78 Å². The van der Waals surface area contributed by atoms with Gasteiger partial charge in [-0.15, -0.1) is 0 Å². The topological polar surface area (TPSA) is 22.0 Å². The third-order valence-corrected chi connectivity index (χ3v) is 5.00. The fourth-order valence-corrected chi connectivity index (χ4v) is 3.94. The van der Waals surface area contributed by atoms with Crippen molar-refractivity contribution in [3.8, 4) is 0 Å². The Labute approximate surface area is 116 Å². The van der Waals surface area contributed by atoms with E-state index in [1.807, 2.05) is 0 Å². The molecule has 3 rings (SSSR count). The second kappa shape index (κ2) is 5.52. The maximum atomic E-state index is 11.9. The molecule has 0 aliphatic heterocycles. The summed E-state index contributed by atoms with van der Waals surface area (Å²) in [7, 11) is 0. The zero-order valence-electron chi connectivity index (χ0n) is 12.1. The van der Waals surface area contributed by atoms with E-state index in [0.29, 0.717) is 5.78 Å². The van der Waals surface area contributed by atoms with Crippen LogP contribution in [0.25, 0.3) is 0 Å². The highest BCUT2D eigenvalue weighted by Crippen LogP contribution is 2.30. The lowest BCUT2D eigenvalue weighted by atomic mass is 9.96. The van der Waals surface area contributed by atoms with Crippen LogP contribution in [-0.4, -0.2) is 10.4 Å². The van der Waals surface area contributed by atoms with E-state index >= 15 is 0 Å². The molecule has 1 heterocycles.